The molecule has 0 fully saturated rings. The van der Waals surface area contributed by atoms with Crippen molar-refractivity contribution in [2.24, 2.45) is 0 Å². The second-order valence-electron chi connectivity index (χ2n) is 4.67. The van der Waals surface area contributed by atoms with E-state index in [1.54, 1.807) is 6.20 Å². The molecule has 0 unspecified atom stereocenters. The van der Waals surface area contributed by atoms with Gasteiger partial charge in [-0.25, -0.2) is 4.98 Å². The lowest BCUT2D eigenvalue weighted by Crippen LogP contribution is -1.99. The van der Waals surface area contributed by atoms with Crippen LogP contribution in [0.5, 0.6) is 0 Å². The SMILES string of the molecule is CC(C)c1nncnn1.Cc1cnc(C(C)C)nn1. The molecule has 19 heavy (non-hydrogen) atoms. The van der Waals surface area contributed by atoms with Crippen molar-refractivity contribution in [3.05, 3.63) is 29.9 Å². The fourth-order valence-electron chi connectivity index (χ4n) is 1.05. The van der Waals surface area contributed by atoms with Crippen LogP contribution in [0.2, 0.25) is 0 Å². The Morgan fingerprint density at radius 2 is 1.37 bits per heavy atom. The van der Waals surface area contributed by atoms with Gasteiger partial charge in [0.2, 0.25) is 0 Å². The van der Waals surface area contributed by atoms with Gasteiger partial charge in [0.1, 0.15) is 0 Å². The summed E-state index contributed by atoms with van der Waals surface area (Å²) in [5.74, 6) is 2.18. The molecule has 0 saturated carbocycles. The quantitative estimate of drug-likeness (QED) is 0.812. The molecule has 2 heterocycles. The Kier molecular flexibility index (Phi) is 5.84. The van der Waals surface area contributed by atoms with Gasteiger partial charge in [0.15, 0.2) is 18.0 Å². The molecule has 0 bridgehead atoms. The van der Waals surface area contributed by atoms with E-state index in [0.717, 1.165) is 11.5 Å². The lowest BCUT2D eigenvalue weighted by Gasteiger charge is -1.99. The Balaban J connectivity index is 0.000000191. The summed E-state index contributed by atoms with van der Waals surface area (Å²) in [5.41, 5.74) is 0.865. The highest BCUT2D eigenvalue weighted by Gasteiger charge is 2.01. The first-order valence-electron chi connectivity index (χ1n) is 6.17. The maximum atomic E-state index is 4.10. The molecule has 7 heteroatoms. The van der Waals surface area contributed by atoms with E-state index in [1.165, 1.54) is 6.33 Å². The van der Waals surface area contributed by atoms with Crippen molar-refractivity contribution >= 4 is 0 Å². The summed E-state index contributed by atoms with van der Waals surface area (Å²) in [6.45, 7) is 9.97. The van der Waals surface area contributed by atoms with Gasteiger partial charge in [0.25, 0.3) is 0 Å². The highest BCUT2D eigenvalue weighted by atomic mass is 15.3. The molecule has 0 aromatic carbocycles. The molecule has 0 N–H and O–H groups in total. The van der Waals surface area contributed by atoms with Gasteiger partial charge >= 0.3 is 0 Å². The molecule has 0 radical (unpaired) electrons. The van der Waals surface area contributed by atoms with Gasteiger partial charge in [0.05, 0.1) is 11.9 Å². The van der Waals surface area contributed by atoms with Crippen LogP contribution in [-0.2, 0) is 0 Å². The van der Waals surface area contributed by atoms with Crippen LogP contribution in [0.15, 0.2) is 12.5 Å². The van der Waals surface area contributed by atoms with Gasteiger partial charge in [-0.15, -0.1) is 25.5 Å². The van der Waals surface area contributed by atoms with Crippen LogP contribution >= 0.6 is 0 Å². The van der Waals surface area contributed by atoms with Gasteiger partial charge in [-0.2, -0.15) is 5.10 Å². The Hall–Kier alpha value is -2.05. The molecule has 0 aliphatic rings. The Labute approximate surface area is 112 Å². The van der Waals surface area contributed by atoms with Crippen LogP contribution in [0.25, 0.3) is 0 Å². The maximum absolute atomic E-state index is 4.10. The number of nitrogens with zero attached hydrogens (tertiary/aromatic N) is 7. The summed E-state index contributed by atoms with van der Waals surface area (Å²) in [7, 11) is 0. The molecule has 0 aliphatic carbocycles. The second-order valence-corrected chi connectivity index (χ2v) is 4.67. The van der Waals surface area contributed by atoms with Crippen LogP contribution in [0.4, 0.5) is 0 Å². The van der Waals surface area contributed by atoms with Crippen molar-refractivity contribution in [3.63, 3.8) is 0 Å². The summed E-state index contributed by atoms with van der Waals surface area (Å²) in [6, 6.07) is 0. The third kappa shape index (κ3) is 5.41. The molecule has 2 rings (SSSR count). The molecule has 7 nitrogen and oxygen atoms in total. The van der Waals surface area contributed by atoms with Crippen molar-refractivity contribution in [2.45, 2.75) is 46.5 Å². The highest BCUT2D eigenvalue weighted by Crippen LogP contribution is 2.05. The van der Waals surface area contributed by atoms with E-state index >= 15 is 0 Å². The average Bonchev–Trinajstić information content (AvgIpc) is 2.41. The fourth-order valence-corrected chi connectivity index (χ4v) is 1.05. The summed E-state index contributed by atoms with van der Waals surface area (Å²) < 4.78 is 0. The second kappa shape index (κ2) is 7.40. The van der Waals surface area contributed by atoms with Crippen LogP contribution in [0.1, 0.15) is 56.9 Å². The Morgan fingerprint density at radius 1 is 0.789 bits per heavy atom. The Bertz CT molecular complexity index is 467. The van der Waals surface area contributed by atoms with Crippen molar-refractivity contribution in [1.29, 1.82) is 0 Å². The predicted octanol–water partition coefficient (Wildman–Crippen LogP) is 1.69. The monoisotopic (exact) mass is 261 g/mol. The molecule has 0 spiro atoms. The largest absolute Gasteiger partial charge is 0.237 e. The minimum absolute atomic E-state index is 0.311. The molecular formula is C12H19N7. The molecule has 0 saturated heterocycles. The normalized spacial score (nSPS) is 10.3. The van der Waals surface area contributed by atoms with E-state index in [0.29, 0.717) is 17.7 Å². The number of rotatable bonds is 2. The predicted molar refractivity (Wildman–Crippen MR) is 70.4 cm³/mol. The summed E-state index contributed by atoms with van der Waals surface area (Å²) >= 11 is 0. The number of hydrogen-bond acceptors (Lipinski definition) is 7. The van der Waals surface area contributed by atoms with Crippen molar-refractivity contribution < 1.29 is 0 Å². The molecule has 2 aromatic rings. The van der Waals surface area contributed by atoms with E-state index in [1.807, 2.05) is 34.6 Å². The van der Waals surface area contributed by atoms with Gasteiger partial charge in [-0.3, -0.25) is 0 Å². The van der Waals surface area contributed by atoms with Crippen molar-refractivity contribution in [2.75, 3.05) is 0 Å². The number of aryl methyl sites for hydroxylation is 1. The fraction of sp³-hybridized carbons (Fsp3) is 0.583. The smallest absolute Gasteiger partial charge is 0.176 e. The van der Waals surface area contributed by atoms with Gasteiger partial charge < -0.3 is 0 Å². The lowest BCUT2D eigenvalue weighted by atomic mass is 10.2. The zero-order valence-electron chi connectivity index (χ0n) is 11.9. The first kappa shape index (κ1) is 15.0. The van der Waals surface area contributed by atoms with E-state index in [-0.39, 0.29) is 0 Å². The topological polar surface area (TPSA) is 90.2 Å². The highest BCUT2D eigenvalue weighted by molar-refractivity contribution is 4.94. The molecule has 0 aliphatic heterocycles. The van der Waals surface area contributed by atoms with Crippen molar-refractivity contribution in [3.8, 4) is 0 Å². The van der Waals surface area contributed by atoms with E-state index in [4.69, 9.17) is 0 Å². The first-order valence-corrected chi connectivity index (χ1v) is 6.17. The maximum Gasteiger partial charge on any atom is 0.176 e. The minimum atomic E-state index is 0.311. The zero-order valence-corrected chi connectivity index (χ0v) is 11.9. The van der Waals surface area contributed by atoms with Gasteiger partial charge in [-0.05, 0) is 6.92 Å². The molecule has 0 atom stereocenters. The van der Waals surface area contributed by atoms with Crippen LogP contribution in [0.3, 0.4) is 0 Å². The van der Waals surface area contributed by atoms with Crippen LogP contribution < -0.4 is 0 Å². The summed E-state index contributed by atoms with van der Waals surface area (Å²) in [6.07, 6.45) is 3.06. The minimum Gasteiger partial charge on any atom is -0.237 e. The van der Waals surface area contributed by atoms with E-state index in [2.05, 4.69) is 35.6 Å². The van der Waals surface area contributed by atoms with Crippen LogP contribution in [0, 0.1) is 6.92 Å². The third-order valence-electron chi connectivity index (χ3n) is 2.15. The first-order chi connectivity index (χ1) is 9.00. The summed E-state index contributed by atoms with van der Waals surface area (Å²) in [4.78, 5) is 4.10. The average molecular weight is 261 g/mol. The van der Waals surface area contributed by atoms with Gasteiger partial charge in [0, 0.05) is 11.8 Å². The van der Waals surface area contributed by atoms with Gasteiger partial charge in [-0.1, -0.05) is 27.7 Å². The lowest BCUT2D eigenvalue weighted by molar-refractivity contribution is 0.689. The zero-order chi connectivity index (χ0) is 14.3. The van der Waals surface area contributed by atoms with Crippen molar-refractivity contribution in [1.82, 2.24) is 35.6 Å². The molecular weight excluding hydrogens is 242 g/mol. The molecule has 2 aromatic heterocycles. The number of hydrogen-bond donors (Lipinski definition) is 0. The Morgan fingerprint density at radius 3 is 1.74 bits per heavy atom. The molecule has 102 valence electrons. The van der Waals surface area contributed by atoms with Crippen LogP contribution in [-0.4, -0.2) is 35.6 Å². The number of aromatic nitrogens is 7. The third-order valence-corrected chi connectivity index (χ3v) is 2.15. The molecule has 0 amide bonds. The standard InChI is InChI=1S/C7H11N3.C5H8N4/c1-5(2)7-8-4-6(3)9-10-7;1-4(2)5-8-6-3-7-9-5/h4-5H,1-3H3;3-4H,1-2H3. The van der Waals surface area contributed by atoms with E-state index < -0.39 is 0 Å². The van der Waals surface area contributed by atoms with E-state index in [9.17, 15) is 0 Å². The summed E-state index contributed by atoms with van der Waals surface area (Å²) in [5, 5.41) is 22.5.